The fraction of sp³-hybridized carbons (Fsp3) is 0.389. The van der Waals surface area contributed by atoms with E-state index in [0.29, 0.717) is 5.69 Å². The van der Waals surface area contributed by atoms with Gasteiger partial charge < -0.3 is 0 Å². The van der Waals surface area contributed by atoms with Crippen molar-refractivity contribution in [2.24, 2.45) is 0 Å². The molecule has 0 aliphatic heterocycles. The molecule has 1 unspecified atom stereocenters. The maximum atomic E-state index is 11.0. The van der Waals surface area contributed by atoms with Crippen LogP contribution in [0.25, 0.3) is 6.08 Å². The second kappa shape index (κ2) is 7.72. The van der Waals surface area contributed by atoms with E-state index in [-0.39, 0.29) is 5.92 Å². The first-order valence-corrected chi connectivity index (χ1v) is 10.3. The van der Waals surface area contributed by atoms with Gasteiger partial charge in [-0.1, -0.05) is 36.6 Å². The van der Waals surface area contributed by atoms with Crippen LogP contribution in [0.2, 0.25) is 5.02 Å². The molecule has 1 aromatic carbocycles. The van der Waals surface area contributed by atoms with Crippen LogP contribution < -0.4 is 0 Å². The van der Waals surface area contributed by atoms with Crippen molar-refractivity contribution in [1.29, 1.82) is 0 Å². The summed E-state index contributed by atoms with van der Waals surface area (Å²) in [4.78, 5) is 0. The molecule has 134 valence electrons. The van der Waals surface area contributed by atoms with E-state index >= 15 is 0 Å². The Kier molecular flexibility index (Phi) is 5.61. The lowest BCUT2D eigenvalue weighted by molar-refractivity contribution is 0.494. The van der Waals surface area contributed by atoms with E-state index in [0.717, 1.165) is 60.2 Å². The zero-order valence-electron chi connectivity index (χ0n) is 13.8. The molecular formula is C18H21ClN2O3S. The van der Waals surface area contributed by atoms with E-state index in [2.05, 4.69) is 16.3 Å². The highest BCUT2D eigenvalue weighted by atomic mass is 35.5. The molecule has 0 fully saturated rings. The molecule has 1 heterocycles. The average molecular weight is 381 g/mol. The molecule has 2 aromatic rings. The molecule has 0 bridgehead atoms. The number of halogens is 1. The van der Waals surface area contributed by atoms with Crippen LogP contribution in [-0.2, 0) is 23.0 Å². The molecule has 0 saturated heterocycles. The third kappa shape index (κ3) is 4.93. The van der Waals surface area contributed by atoms with Gasteiger partial charge in [-0.05, 0) is 49.5 Å². The molecule has 0 saturated carbocycles. The maximum Gasteiger partial charge on any atom is 0.287 e. The molecule has 3 rings (SSSR count). The van der Waals surface area contributed by atoms with Crippen molar-refractivity contribution in [2.75, 3.05) is 0 Å². The van der Waals surface area contributed by atoms with Crippen LogP contribution in [0, 0.1) is 0 Å². The number of hydrogen-bond acceptors (Lipinski definition) is 3. The van der Waals surface area contributed by atoms with Gasteiger partial charge in [-0.2, -0.15) is 13.5 Å². The first kappa shape index (κ1) is 18.2. The number of nitrogens with one attached hydrogen (secondary N) is 1. The second-order valence-electron chi connectivity index (χ2n) is 6.45. The number of rotatable bonds is 4. The van der Waals surface area contributed by atoms with E-state index in [9.17, 15) is 8.42 Å². The highest BCUT2D eigenvalue weighted by Crippen LogP contribution is 2.33. The Morgan fingerprint density at radius 1 is 1.32 bits per heavy atom. The van der Waals surface area contributed by atoms with Gasteiger partial charge in [-0.25, -0.2) is 0 Å². The Bertz CT molecular complexity index is 874. The number of hydrogen-bond donors (Lipinski definition) is 2. The van der Waals surface area contributed by atoms with Crippen molar-refractivity contribution >= 4 is 27.8 Å². The maximum absolute atomic E-state index is 11.0. The zero-order chi connectivity index (χ0) is 17.9. The normalized spacial score (nSPS) is 18.7. The number of H-pyrrole nitrogens is 1. The van der Waals surface area contributed by atoms with Gasteiger partial charge >= 0.3 is 0 Å². The number of nitrogens with zero attached hydrogens (tertiary/aromatic N) is 1. The molecule has 0 radical (unpaired) electrons. The van der Waals surface area contributed by atoms with Gasteiger partial charge in [0.15, 0.2) is 0 Å². The monoisotopic (exact) mass is 380 g/mol. The van der Waals surface area contributed by atoms with Crippen molar-refractivity contribution in [1.82, 2.24) is 10.2 Å². The zero-order valence-corrected chi connectivity index (χ0v) is 15.4. The summed E-state index contributed by atoms with van der Waals surface area (Å²) in [5.74, 6) is 0.286. The fourth-order valence-corrected chi connectivity index (χ4v) is 3.96. The quantitative estimate of drug-likeness (QED) is 0.771. The Balaban J connectivity index is 1.92. The topological polar surface area (TPSA) is 83.1 Å². The fourth-order valence-electron chi connectivity index (χ4n) is 3.45. The van der Waals surface area contributed by atoms with E-state index in [1.165, 1.54) is 11.6 Å². The number of benzene rings is 1. The molecule has 0 spiro atoms. The van der Waals surface area contributed by atoms with Crippen LogP contribution in [0.15, 0.2) is 29.7 Å². The first-order chi connectivity index (χ1) is 11.9. The Morgan fingerprint density at radius 2 is 2.16 bits per heavy atom. The Hall–Kier alpha value is -1.63. The highest BCUT2D eigenvalue weighted by molar-refractivity contribution is 7.88. The van der Waals surface area contributed by atoms with Gasteiger partial charge in [-0.3, -0.25) is 9.65 Å². The summed E-state index contributed by atoms with van der Waals surface area (Å²) in [6.07, 6.45) is 7.45. The van der Waals surface area contributed by atoms with Gasteiger partial charge in [-0.15, -0.1) is 0 Å². The predicted octanol–water partition coefficient (Wildman–Crippen LogP) is 4.36. The van der Waals surface area contributed by atoms with Crippen LogP contribution >= 0.6 is 11.6 Å². The molecule has 25 heavy (non-hydrogen) atoms. The number of fused-ring (bicyclic) bond motifs is 1. The van der Waals surface area contributed by atoms with Gasteiger partial charge in [0.25, 0.3) is 10.1 Å². The highest BCUT2D eigenvalue weighted by Gasteiger charge is 2.22. The number of aromatic nitrogens is 2. The Labute approximate surface area is 152 Å². The van der Waals surface area contributed by atoms with Gasteiger partial charge in [0.1, 0.15) is 0 Å². The largest absolute Gasteiger partial charge is 0.287 e. The summed E-state index contributed by atoms with van der Waals surface area (Å²) in [6.45, 7) is 0. The van der Waals surface area contributed by atoms with Crippen molar-refractivity contribution in [3.05, 3.63) is 57.2 Å². The minimum absolute atomic E-state index is 0.286. The summed E-state index contributed by atoms with van der Waals surface area (Å²) in [6, 6.07) is 7.87. The van der Waals surface area contributed by atoms with Crippen LogP contribution in [-0.4, -0.2) is 23.2 Å². The molecule has 1 aliphatic carbocycles. The van der Waals surface area contributed by atoms with Gasteiger partial charge in [0.05, 0.1) is 11.1 Å². The van der Waals surface area contributed by atoms with Crippen molar-refractivity contribution in [2.45, 2.75) is 44.4 Å². The lowest BCUT2D eigenvalue weighted by Gasteiger charge is -2.20. The second-order valence-corrected chi connectivity index (χ2v) is 8.19. The van der Waals surface area contributed by atoms with Crippen LogP contribution in [0.4, 0.5) is 0 Å². The predicted molar refractivity (Wildman–Crippen MR) is 99.2 cm³/mol. The first-order valence-electron chi connectivity index (χ1n) is 8.39. The SMILES string of the molecule is O=S(=O)(O)C=Cc1n[nH]c2c1CCCCCC2Cc1cccc(Cl)c1. The lowest BCUT2D eigenvalue weighted by Crippen LogP contribution is -2.09. The molecule has 5 nitrogen and oxygen atoms in total. The minimum atomic E-state index is -4.16. The van der Waals surface area contributed by atoms with E-state index < -0.39 is 10.1 Å². The molecule has 1 atom stereocenters. The summed E-state index contributed by atoms with van der Waals surface area (Å²) in [7, 11) is -4.16. The van der Waals surface area contributed by atoms with Gasteiger partial charge in [0, 0.05) is 22.2 Å². The molecule has 1 aliphatic rings. The molecule has 1 aromatic heterocycles. The van der Waals surface area contributed by atoms with E-state index in [1.54, 1.807) is 0 Å². The van der Waals surface area contributed by atoms with E-state index in [1.807, 2.05) is 18.2 Å². The van der Waals surface area contributed by atoms with Crippen molar-refractivity contribution in [3.8, 4) is 0 Å². The summed E-state index contributed by atoms with van der Waals surface area (Å²) >= 11 is 6.10. The number of aromatic amines is 1. The Morgan fingerprint density at radius 3 is 2.92 bits per heavy atom. The minimum Gasteiger partial charge on any atom is -0.282 e. The smallest absolute Gasteiger partial charge is 0.282 e. The van der Waals surface area contributed by atoms with Crippen molar-refractivity contribution in [3.63, 3.8) is 0 Å². The third-order valence-electron chi connectivity index (χ3n) is 4.59. The average Bonchev–Trinajstić information content (AvgIpc) is 2.91. The summed E-state index contributed by atoms with van der Waals surface area (Å²) in [5, 5.41) is 8.90. The molecule has 0 amide bonds. The third-order valence-corrected chi connectivity index (χ3v) is 5.30. The summed E-state index contributed by atoms with van der Waals surface area (Å²) < 4.78 is 30.9. The van der Waals surface area contributed by atoms with Crippen LogP contribution in [0.3, 0.4) is 0 Å². The van der Waals surface area contributed by atoms with Crippen molar-refractivity contribution < 1.29 is 13.0 Å². The van der Waals surface area contributed by atoms with Crippen LogP contribution in [0.1, 0.15) is 54.1 Å². The standard InChI is InChI=1S/C18H21ClN2O3S/c19-15-7-4-5-13(12-15)11-14-6-2-1-3-8-16-17(20-21-18(14)16)9-10-25(22,23)24/h4-5,7,9-10,12,14H,1-3,6,8,11H2,(H,20,21)(H,22,23,24). The molecule has 2 N–H and O–H groups in total. The van der Waals surface area contributed by atoms with E-state index in [4.69, 9.17) is 16.2 Å². The molecular weight excluding hydrogens is 360 g/mol. The van der Waals surface area contributed by atoms with Crippen LogP contribution in [0.5, 0.6) is 0 Å². The summed E-state index contributed by atoms with van der Waals surface area (Å²) in [5.41, 5.74) is 3.88. The molecule has 7 heteroatoms. The van der Waals surface area contributed by atoms with Gasteiger partial charge in [0.2, 0.25) is 0 Å². The lowest BCUT2D eigenvalue weighted by atomic mass is 9.85.